The number of hydrogen-bond acceptors (Lipinski definition) is 6. The lowest BCUT2D eigenvalue weighted by molar-refractivity contribution is -0.167. The zero-order valence-corrected chi connectivity index (χ0v) is 42.3. The number of rotatable bonds is 44. The average molecular weight is 921 g/mol. The molecule has 0 spiro atoms. The van der Waals surface area contributed by atoms with Crippen LogP contribution in [-0.4, -0.2) is 37.2 Å². The number of hydrogen-bond donors (Lipinski definition) is 0. The summed E-state index contributed by atoms with van der Waals surface area (Å²) in [5, 5.41) is 0. The Labute approximate surface area is 409 Å². The van der Waals surface area contributed by atoms with Gasteiger partial charge in [0, 0.05) is 19.3 Å². The third-order valence-electron chi connectivity index (χ3n) is 10.0. The van der Waals surface area contributed by atoms with Gasteiger partial charge >= 0.3 is 17.9 Å². The predicted octanol–water partition coefficient (Wildman–Crippen LogP) is 17.4. The smallest absolute Gasteiger partial charge is 0.306 e. The Morgan fingerprint density at radius 1 is 0.299 bits per heavy atom. The summed E-state index contributed by atoms with van der Waals surface area (Å²) in [6, 6.07) is 0. The number of ether oxygens (including phenoxy) is 3. The Kier molecular flexibility index (Phi) is 49.7. The van der Waals surface area contributed by atoms with Gasteiger partial charge in [-0.1, -0.05) is 192 Å². The molecule has 0 bridgehead atoms. The largest absolute Gasteiger partial charge is 0.462 e. The normalized spacial score (nSPS) is 13.4. The van der Waals surface area contributed by atoms with Crippen LogP contribution in [-0.2, 0) is 28.6 Å². The Hall–Kier alpha value is -4.97. The zero-order valence-electron chi connectivity index (χ0n) is 42.3. The van der Waals surface area contributed by atoms with Gasteiger partial charge in [0.15, 0.2) is 6.10 Å². The maximum atomic E-state index is 12.8. The van der Waals surface area contributed by atoms with E-state index < -0.39 is 6.10 Å². The van der Waals surface area contributed by atoms with Crippen molar-refractivity contribution in [3.05, 3.63) is 158 Å². The number of unbranched alkanes of at least 4 members (excludes halogenated alkanes) is 7. The Bertz CT molecular complexity index is 1570. The molecule has 0 aliphatic carbocycles. The summed E-state index contributed by atoms with van der Waals surface area (Å²) in [5.74, 6) is -1.07. The van der Waals surface area contributed by atoms with Crippen molar-refractivity contribution in [1.29, 1.82) is 0 Å². The molecular formula is C61H92O6. The molecule has 0 aromatic rings. The first-order valence-electron chi connectivity index (χ1n) is 26.0. The molecule has 1 atom stereocenters. The van der Waals surface area contributed by atoms with Crippen molar-refractivity contribution in [2.45, 2.75) is 194 Å². The highest BCUT2D eigenvalue weighted by atomic mass is 16.6. The van der Waals surface area contributed by atoms with E-state index in [0.717, 1.165) is 135 Å². The SMILES string of the molecule is CC/C=C\C/C=C\C/C=C\C/C=C\C/C=C\CCCC(=O)OCC(COC(=O)CCCCC/C=C\C/C=C\C/C=C\C/C=C\CC)OC(=O)CCCCC/C=C\C/C=C\C/C=C\C/C=C\CC. The lowest BCUT2D eigenvalue weighted by atomic mass is 10.1. The molecule has 6 heteroatoms. The van der Waals surface area contributed by atoms with Crippen molar-refractivity contribution >= 4 is 17.9 Å². The van der Waals surface area contributed by atoms with Gasteiger partial charge in [-0.3, -0.25) is 14.4 Å². The van der Waals surface area contributed by atoms with Crippen molar-refractivity contribution in [2.75, 3.05) is 13.2 Å². The van der Waals surface area contributed by atoms with Crippen molar-refractivity contribution < 1.29 is 28.6 Å². The lowest BCUT2D eigenvalue weighted by Crippen LogP contribution is -2.30. The molecule has 0 N–H and O–H groups in total. The van der Waals surface area contributed by atoms with E-state index in [9.17, 15) is 14.4 Å². The quantitative estimate of drug-likeness (QED) is 0.0262. The van der Waals surface area contributed by atoms with Crippen molar-refractivity contribution in [3.8, 4) is 0 Å². The van der Waals surface area contributed by atoms with E-state index in [4.69, 9.17) is 14.2 Å². The van der Waals surface area contributed by atoms with E-state index in [0.29, 0.717) is 19.3 Å². The van der Waals surface area contributed by atoms with Crippen LogP contribution in [0.15, 0.2) is 158 Å². The summed E-state index contributed by atoms with van der Waals surface area (Å²) in [6.45, 7) is 6.16. The first-order valence-corrected chi connectivity index (χ1v) is 26.0. The molecule has 372 valence electrons. The second-order valence-corrected chi connectivity index (χ2v) is 16.3. The third kappa shape index (κ3) is 51.9. The molecule has 0 amide bonds. The van der Waals surface area contributed by atoms with E-state index >= 15 is 0 Å². The van der Waals surface area contributed by atoms with Gasteiger partial charge in [0.1, 0.15) is 13.2 Å². The van der Waals surface area contributed by atoms with Gasteiger partial charge in [-0.25, -0.2) is 0 Å². The summed E-state index contributed by atoms with van der Waals surface area (Å²) < 4.78 is 16.7. The third-order valence-corrected chi connectivity index (χ3v) is 10.0. The summed E-state index contributed by atoms with van der Waals surface area (Å²) in [6.07, 6.45) is 78.0. The Morgan fingerprint density at radius 2 is 0.552 bits per heavy atom. The second kappa shape index (κ2) is 53.6. The van der Waals surface area contributed by atoms with E-state index in [-0.39, 0.29) is 44.0 Å². The van der Waals surface area contributed by atoms with Crippen LogP contribution in [0.4, 0.5) is 0 Å². The summed E-state index contributed by atoms with van der Waals surface area (Å²) in [4.78, 5) is 38.0. The molecule has 0 saturated heterocycles. The average Bonchev–Trinajstić information content (AvgIpc) is 3.33. The zero-order chi connectivity index (χ0) is 48.6. The topological polar surface area (TPSA) is 78.9 Å². The van der Waals surface area contributed by atoms with Gasteiger partial charge < -0.3 is 14.2 Å². The molecular weight excluding hydrogens is 829 g/mol. The molecule has 0 heterocycles. The minimum Gasteiger partial charge on any atom is -0.462 e. The van der Waals surface area contributed by atoms with Crippen LogP contribution >= 0.6 is 0 Å². The van der Waals surface area contributed by atoms with Crippen LogP contribution in [0.2, 0.25) is 0 Å². The second-order valence-electron chi connectivity index (χ2n) is 16.3. The van der Waals surface area contributed by atoms with E-state index in [1.165, 1.54) is 0 Å². The van der Waals surface area contributed by atoms with Crippen molar-refractivity contribution in [3.63, 3.8) is 0 Å². The monoisotopic (exact) mass is 921 g/mol. The molecule has 6 nitrogen and oxygen atoms in total. The van der Waals surface area contributed by atoms with Gasteiger partial charge in [0.2, 0.25) is 0 Å². The number of carbonyl (C=O) groups excluding carboxylic acids is 3. The Balaban J connectivity index is 4.63. The van der Waals surface area contributed by atoms with Crippen LogP contribution in [0.3, 0.4) is 0 Å². The first kappa shape index (κ1) is 62.0. The van der Waals surface area contributed by atoms with Crippen LogP contribution in [0, 0.1) is 0 Å². The summed E-state index contributed by atoms with van der Waals surface area (Å²) >= 11 is 0. The molecule has 0 radical (unpaired) electrons. The van der Waals surface area contributed by atoms with Crippen molar-refractivity contribution in [1.82, 2.24) is 0 Å². The summed E-state index contributed by atoms with van der Waals surface area (Å²) in [5.41, 5.74) is 0. The highest BCUT2D eigenvalue weighted by molar-refractivity contribution is 5.71. The molecule has 0 fully saturated rings. The molecule has 0 aromatic heterocycles. The first-order chi connectivity index (χ1) is 33.0. The molecule has 1 unspecified atom stereocenters. The number of carbonyl (C=O) groups is 3. The fourth-order valence-electron chi connectivity index (χ4n) is 6.22. The van der Waals surface area contributed by atoms with Crippen molar-refractivity contribution in [2.24, 2.45) is 0 Å². The van der Waals surface area contributed by atoms with E-state index in [1.54, 1.807) is 0 Å². The van der Waals surface area contributed by atoms with E-state index in [2.05, 4.69) is 179 Å². The molecule has 0 saturated carbocycles. The highest BCUT2D eigenvalue weighted by Crippen LogP contribution is 2.10. The fourth-order valence-corrected chi connectivity index (χ4v) is 6.22. The fraction of sp³-hybridized carbons (Fsp3) is 0.525. The molecule has 0 aliphatic rings. The Morgan fingerprint density at radius 3 is 0.866 bits per heavy atom. The lowest BCUT2D eigenvalue weighted by Gasteiger charge is -2.18. The maximum absolute atomic E-state index is 12.8. The predicted molar refractivity (Wildman–Crippen MR) is 288 cm³/mol. The number of esters is 3. The van der Waals surface area contributed by atoms with Gasteiger partial charge in [-0.2, -0.15) is 0 Å². The standard InChI is InChI=1S/C61H92O6/c1-4-7-10-13-16-19-22-25-28-31-34-36-39-42-45-48-51-54-60(63)66-57-58(67-61(64)55-52-49-46-43-40-37-33-30-27-24-21-18-15-12-9-6-3)56-65-59(62)53-50-47-44-41-38-35-32-29-26-23-20-17-14-11-8-5-2/h7-12,16-21,25-30,34-38,40,42,45,58H,4-6,13-15,22-24,31-33,39,41,43-44,46-57H2,1-3H3/b10-7-,11-8-,12-9-,19-16-,20-17-,21-18-,28-25-,29-26-,30-27-,36-34-,38-35-,40-37-,45-42-. The molecule has 0 rings (SSSR count). The minimum atomic E-state index is -0.839. The maximum Gasteiger partial charge on any atom is 0.306 e. The van der Waals surface area contributed by atoms with Crippen LogP contribution in [0.1, 0.15) is 188 Å². The minimum absolute atomic E-state index is 0.133. The van der Waals surface area contributed by atoms with E-state index in [1.807, 2.05) is 0 Å². The van der Waals surface area contributed by atoms with Gasteiger partial charge in [-0.05, 0) is 135 Å². The van der Waals surface area contributed by atoms with Crippen LogP contribution in [0.5, 0.6) is 0 Å². The number of allylic oxidation sites excluding steroid dienone is 26. The summed E-state index contributed by atoms with van der Waals surface area (Å²) in [7, 11) is 0. The van der Waals surface area contributed by atoms with Crippen LogP contribution < -0.4 is 0 Å². The van der Waals surface area contributed by atoms with Gasteiger partial charge in [0.05, 0.1) is 0 Å². The highest BCUT2D eigenvalue weighted by Gasteiger charge is 2.19. The molecule has 0 aromatic carbocycles. The molecule has 0 aliphatic heterocycles. The van der Waals surface area contributed by atoms with Crippen LogP contribution in [0.25, 0.3) is 0 Å². The van der Waals surface area contributed by atoms with Gasteiger partial charge in [-0.15, -0.1) is 0 Å². The van der Waals surface area contributed by atoms with Gasteiger partial charge in [0.25, 0.3) is 0 Å². The molecule has 67 heavy (non-hydrogen) atoms.